The predicted molar refractivity (Wildman–Crippen MR) is 143 cm³/mol. The summed E-state index contributed by atoms with van der Waals surface area (Å²) in [5, 5.41) is 4.21. The van der Waals surface area contributed by atoms with Crippen LogP contribution in [0.1, 0.15) is 22.7 Å². The number of hydrazine groups is 1. The van der Waals surface area contributed by atoms with Gasteiger partial charge in [0.05, 0.1) is 11.4 Å². The number of pyridine rings is 1. The van der Waals surface area contributed by atoms with Gasteiger partial charge in [0.15, 0.2) is 11.6 Å². The van der Waals surface area contributed by atoms with Crippen LogP contribution < -0.4 is 21.9 Å². The Balaban J connectivity index is 1.37. The van der Waals surface area contributed by atoms with Crippen molar-refractivity contribution in [1.82, 2.24) is 20.4 Å². The Hall–Kier alpha value is -4.98. The van der Waals surface area contributed by atoms with E-state index in [1.165, 1.54) is 6.33 Å². The van der Waals surface area contributed by atoms with E-state index in [0.29, 0.717) is 5.82 Å². The molecule has 0 saturated carbocycles. The van der Waals surface area contributed by atoms with E-state index >= 15 is 0 Å². The smallest absolute Gasteiger partial charge is 0.250 e. The lowest BCUT2D eigenvalue weighted by Gasteiger charge is -2.19. The maximum absolute atomic E-state index is 13.3. The summed E-state index contributed by atoms with van der Waals surface area (Å²) in [4.78, 5) is 26.4. The molecule has 1 amide bonds. The molecular formula is C28H25N7O. The Morgan fingerprint density at radius 1 is 0.806 bits per heavy atom. The number of hydrogen-bond donors (Lipinski definition) is 4. The molecule has 0 aliphatic carbocycles. The summed E-state index contributed by atoms with van der Waals surface area (Å²) >= 11 is 0. The van der Waals surface area contributed by atoms with Gasteiger partial charge in [-0.15, -0.1) is 0 Å². The first-order valence-corrected chi connectivity index (χ1v) is 11.5. The van der Waals surface area contributed by atoms with Crippen LogP contribution in [0.25, 0.3) is 10.9 Å². The summed E-state index contributed by atoms with van der Waals surface area (Å²) in [6, 6.07) is 29.0. The van der Waals surface area contributed by atoms with E-state index in [9.17, 15) is 4.79 Å². The number of anilines is 4. The van der Waals surface area contributed by atoms with Gasteiger partial charge in [0.25, 0.3) is 0 Å². The molecule has 0 unspecified atom stereocenters. The Kier molecular flexibility index (Phi) is 6.40. The zero-order chi connectivity index (χ0) is 24.9. The lowest BCUT2D eigenvalue weighted by atomic mass is 9.91. The highest BCUT2D eigenvalue weighted by Crippen LogP contribution is 2.30. The maximum atomic E-state index is 13.3. The Morgan fingerprint density at radius 2 is 1.47 bits per heavy atom. The molecule has 3 aromatic carbocycles. The van der Waals surface area contributed by atoms with Crippen molar-refractivity contribution in [3.63, 3.8) is 0 Å². The summed E-state index contributed by atoms with van der Waals surface area (Å²) < 4.78 is 0. The number of nitrogens with zero attached hydrogens (tertiary/aromatic N) is 3. The van der Waals surface area contributed by atoms with E-state index in [4.69, 9.17) is 5.73 Å². The fourth-order valence-electron chi connectivity index (χ4n) is 4.07. The first-order valence-electron chi connectivity index (χ1n) is 11.5. The number of aryl methyl sites for hydroxylation is 1. The van der Waals surface area contributed by atoms with Crippen molar-refractivity contribution < 1.29 is 4.79 Å². The van der Waals surface area contributed by atoms with Crippen molar-refractivity contribution in [2.75, 3.05) is 16.5 Å². The van der Waals surface area contributed by atoms with Gasteiger partial charge < -0.3 is 11.1 Å². The van der Waals surface area contributed by atoms with E-state index in [1.807, 2.05) is 97.9 Å². The first kappa shape index (κ1) is 22.8. The van der Waals surface area contributed by atoms with Gasteiger partial charge in [0.1, 0.15) is 12.0 Å². The molecule has 0 saturated heterocycles. The average molecular weight is 476 g/mol. The lowest BCUT2D eigenvalue weighted by molar-refractivity contribution is -0.121. The van der Waals surface area contributed by atoms with Crippen LogP contribution in [0.2, 0.25) is 0 Å². The highest BCUT2D eigenvalue weighted by Gasteiger charge is 2.23. The molecule has 0 aliphatic rings. The fourth-order valence-corrected chi connectivity index (χ4v) is 4.07. The third-order valence-electron chi connectivity index (χ3n) is 5.84. The number of nitrogens with one attached hydrogen (secondary N) is 3. The summed E-state index contributed by atoms with van der Waals surface area (Å²) in [5.74, 6) is -0.0463. The lowest BCUT2D eigenvalue weighted by Crippen LogP contribution is -2.35. The Bertz CT molecular complexity index is 1470. The molecule has 5 N–H and O–H groups in total. The van der Waals surface area contributed by atoms with E-state index in [-0.39, 0.29) is 17.4 Å². The van der Waals surface area contributed by atoms with Gasteiger partial charge in [0, 0.05) is 16.8 Å². The van der Waals surface area contributed by atoms with Gasteiger partial charge in [0.2, 0.25) is 5.91 Å². The summed E-state index contributed by atoms with van der Waals surface area (Å²) in [7, 11) is 0. The monoisotopic (exact) mass is 475 g/mol. The standard InChI is InChI=1S/C28H25N7O/c1-18-15-16-21-22(32-18)13-8-14-23(21)33-26-25(29)27(31-17-30-26)34-35-28(36)24(19-9-4-2-5-10-19)20-11-6-3-7-12-20/h2-17,24H,29H2,1H3,(H,35,36)(H2,30,31,33,34). The number of carbonyl (C=O) groups excluding carboxylic acids is 1. The largest absolute Gasteiger partial charge is 0.393 e. The Labute approximate surface area is 208 Å². The molecule has 0 radical (unpaired) electrons. The van der Waals surface area contributed by atoms with E-state index in [1.54, 1.807) is 0 Å². The molecule has 0 atom stereocenters. The molecule has 178 valence electrons. The van der Waals surface area contributed by atoms with Gasteiger partial charge in [-0.1, -0.05) is 66.7 Å². The summed E-state index contributed by atoms with van der Waals surface area (Å²) in [6.07, 6.45) is 1.38. The topological polar surface area (TPSA) is 118 Å². The number of nitrogens with two attached hydrogens (primary N) is 1. The third-order valence-corrected chi connectivity index (χ3v) is 5.84. The zero-order valence-corrected chi connectivity index (χ0v) is 19.6. The zero-order valence-electron chi connectivity index (χ0n) is 19.6. The number of benzene rings is 3. The number of hydrogen-bond acceptors (Lipinski definition) is 7. The molecule has 8 nitrogen and oxygen atoms in total. The summed E-state index contributed by atoms with van der Waals surface area (Å²) in [5.41, 5.74) is 16.6. The number of nitrogen functional groups attached to an aromatic ring is 1. The van der Waals surface area contributed by atoms with Gasteiger partial charge in [-0.2, -0.15) is 0 Å². The summed E-state index contributed by atoms with van der Waals surface area (Å²) in [6.45, 7) is 1.95. The minimum atomic E-state index is -0.507. The molecular weight excluding hydrogens is 450 g/mol. The van der Waals surface area contributed by atoms with Gasteiger partial charge >= 0.3 is 0 Å². The molecule has 2 heterocycles. The molecule has 0 fully saturated rings. The van der Waals surface area contributed by atoms with Crippen molar-refractivity contribution in [3.05, 3.63) is 114 Å². The fraction of sp³-hybridized carbons (Fsp3) is 0.0714. The molecule has 0 spiro atoms. The molecule has 36 heavy (non-hydrogen) atoms. The second-order valence-electron chi connectivity index (χ2n) is 8.30. The van der Waals surface area contributed by atoms with Gasteiger partial charge in [-0.05, 0) is 42.3 Å². The van der Waals surface area contributed by atoms with Crippen LogP contribution in [0.3, 0.4) is 0 Å². The Morgan fingerprint density at radius 3 is 2.17 bits per heavy atom. The quantitative estimate of drug-likeness (QED) is 0.246. The molecule has 5 aromatic rings. The highest BCUT2D eigenvalue weighted by atomic mass is 16.2. The van der Waals surface area contributed by atoms with Gasteiger partial charge in [-0.3, -0.25) is 20.6 Å². The number of fused-ring (bicyclic) bond motifs is 1. The molecule has 5 rings (SSSR count). The van der Waals surface area contributed by atoms with Crippen LogP contribution in [0.4, 0.5) is 23.0 Å². The molecule has 0 bridgehead atoms. The van der Waals surface area contributed by atoms with Crippen molar-refractivity contribution in [2.45, 2.75) is 12.8 Å². The van der Waals surface area contributed by atoms with E-state index < -0.39 is 5.92 Å². The van der Waals surface area contributed by atoms with E-state index in [2.05, 4.69) is 31.1 Å². The van der Waals surface area contributed by atoms with Crippen molar-refractivity contribution in [1.29, 1.82) is 0 Å². The molecule has 0 aliphatic heterocycles. The average Bonchev–Trinajstić information content (AvgIpc) is 2.90. The van der Waals surface area contributed by atoms with Crippen LogP contribution >= 0.6 is 0 Å². The van der Waals surface area contributed by atoms with Crippen molar-refractivity contribution >= 4 is 39.8 Å². The normalized spacial score (nSPS) is 10.8. The second kappa shape index (κ2) is 10.1. The molecule has 2 aromatic heterocycles. The van der Waals surface area contributed by atoms with Crippen LogP contribution in [0, 0.1) is 6.92 Å². The predicted octanol–water partition coefficient (Wildman–Crippen LogP) is 4.93. The van der Waals surface area contributed by atoms with Gasteiger partial charge in [-0.25, -0.2) is 9.97 Å². The second-order valence-corrected chi connectivity index (χ2v) is 8.30. The highest BCUT2D eigenvalue weighted by molar-refractivity contribution is 5.94. The van der Waals surface area contributed by atoms with Crippen LogP contribution in [-0.4, -0.2) is 20.9 Å². The van der Waals surface area contributed by atoms with Crippen molar-refractivity contribution in [3.8, 4) is 0 Å². The van der Waals surface area contributed by atoms with Crippen LogP contribution in [0.15, 0.2) is 97.3 Å². The van der Waals surface area contributed by atoms with Crippen molar-refractivity contribution in [2.24, 2.45) is 0 Å². The number of amides is 1. The first-order chi connectivity index (χ1) is 17.6. The number of aromatic nitrogens is 3. The number of carbonyl (C=O) groups is 1. The maximum Gasteiger partial charge on any atom is 0.250 e. The number of rotatable bonds is 7. The van der Waals surface area contributed by atoms with E-state index in [0.717, 1.165) is 33.4 Å². The van der Waals surface area contributed by atoms with Crippen LogP contribution in [0.5, 0.6) is 0 Å². The molecule has 8 heteroatoms. The van der Waals surface area contributed by atoms with Crippen LogP contribution in [-0.2, 0) is 4.79 Å². The minimum absolute atomic E-state index is 0.240. The minimum Gasteiger partial charge on any atom is -0.393 e. The SMILES string of the molecule is Cc1ccc2c(Nc3ncnc(NNC(=O)C(c4ccccc4)c4ccccc4)c3N)cccc2n1. The third kappa shape index (κ3) is 4.78.